The molecule has 0 saturated heterocycles. The Labute approximate surface area is 108 Å². The van der Waals surface area contributed by atoms with Crippen molar-refractivity contribution in [2.45, 2.75) is 13.5 Å². The summed E-state index contributed by atoms with van der Waals surface area (Å²) >= 11 is 17.2. The molecule has 5 heteroatoms. The van der Waals surface area contributed by atoms with E-state index in [4.69, 9.17) is 35.4 Å². The second-order valence-corrected chi connectivity index (χ2v) is 4.96. The van der Waals surface area contributed by atoms with E-state index >= 15 is 0 Å². The summed E-state index contributed by atoms with van der Waals surface area (Å²) in [5, 5.41) is 1.05. The molecule has 0 aliphatic heterocycles. The number of hydrogen-bond acceptors (Lipinski definition) is 1. The van der Waals surface area contributed by atoms with Crippen LogP contribution in [0, 0.1) is 4.77 Å². The summed E-state index contributed by atoms with van der Waals surface area (Å²) in [5.74, 6) is 0. The van der Waals surface area contributed by atoms with Gasteiger partial charge >= 0.3 is 0 Å². The molecule has 0 aliphatic carbocycles. The molecule has 84 valence electrons. The molecule has 0 spiro atoms. The highest BCUT2D eigenvalue weighted by Crippen LogP contribution is 2.27. The molecule has 1 aromatic carbocycles. The van der Waals surface area contributed by atoms with E-state index in [1.165, 1.54) is 0 Å². The summed E-state index contributed by atoms with van der Waals surface area (Å²) in [6.07, 6.45) is 0. The number of H-pyrrole nitrogens is 1. The SMILES string of the molecule is C=C(C)Cn1c(=S)[nH]c2cc(Cl)c(Cl)cc21. The summed E-state index contributed by atoms with van der Waals surface area (Å²) in [6, 6.07) is 3.60. The average Bonchev–Trinajstić information content (AvgIpc) is 2.45. The van der Waals surface area contributed by atoms with E-state index in [0.717, 1.165) is 16.6 Å². The maximum Gasteiger partial charge on any atom is 0.178 e. The van der Waals surface area contributed by atoms with Gasteiger partial charge in [0.2, 0.25) is 0 Å². The summed E-state index contributed by atoms with van der Waals surface area (Å²) in [5.41, 5.74) is 2.87. The predicted molar refractivity (Wildman–Crippen MR) is 72.0 cm³/mol. The number of imidazole rings is 1. The van der Waals surface area contributed by atoms with Gasteiger partial charge in [-0.2, -0.15) is 0 Å². The van der Waals surface area contributed by atoms with Crippen LogP contribution in [0.3, 0.4) is 0 Å². The first kappa shape index (κ1) is 11.7. The van der Waals surface area contributed by atoms with Gasteiger partial charge in [-0.05, 0) is 31.3 Å². The second-order valence-electron chi connectivity index (χ2n) is 3.76. The zero-order valence-corrected chi connectivity index (χ0v) is 11.0. The Kier molecular flexibility index (Phi) is 3.10. The Balaban J connectivity index is 2.74. The minimum Gasteiger partial charge on any atom is -0.331 e. The second kappa shape index (κ2) is 4.24. The van der Waals surface area contributed by atoms with Crippen LogP contribution in [0.4, 0.5) is 0 Å². The molecule has 0 bridgehead atoms. The van der Waals surface area contributed by atoms with Gasteiger partial charge in [-0.15, -0.1) is 0 Å². The first-order valence-electron chi connectivity index (χ1n) is 4.71. The van der Waals surface area contributed by atoms with Crippen LogP contribution in [0.1, 0.15) is 6.92 Å². The number of nitrogens with zero attached hydrogens (tertiary/aromatic N) is 1. The van der Waals surface area contributed by atoms with Crippen molar-refractivity contribution in [2.24, 2.45) is 0 Å². The highest BCUT2D eigenvalue weighted by atomic mass is 35.5. The number of nitrogens with one attached hydrogen (secondary N) is 1. The standard InChI is InChI=1S/C11H10Cl2N2S/c1-6(2)5-15-10-4-8(13)7(12)3-9(10)14-11(15)16/h3-4H,1,5H2,2H3,(H,14,16). The van der Waals surface area contributed by atoms with Gasteiger partial charge in [-0.25, -0.2) is 0 Å². The Bertz CT molecular complexity index is 625. The highest BCUT2D eigenvalue weighted by molar-refractivity contribution is 7.71. The van der Waals surface area contributed by atoms with Gasteiger partial charge < -0.3 is 9.55 Å². The number of fused-ring (bicyclic) bond motifs is 1. The molecule has 0 aliphatic rings. The van der Waals surface area contributed by atoms with Gasteiger partial charge in [0.25, 0.3) is 0 Å². The minimum atomic E-state index is 0.521. The molecule has 16 heavy (non-hydrogen) atoms. The van der Waals surface area contributed by atoms with Crippen LogP contribution >= 0.6 is 35.4 Å². The predicted octanol–water partition coefficient (Wildman–Crippen LogP) is 4.58. The van der Waals surface area contributed by atoms with E-state index in [1.54, 1.807) is 6.07 Å². The third-order valence-electron chi connectivity index (χ3n) is 2.24. The number of aromatic nitrogens is 2. The molecule has 1 aromatic heterocycles. The van der Waals surface area contributed by atoms with Crippen molar-refractivity contribution in [2.75, 3.05) is 0 Å². The van der Waals surface area contributed by atoms with Crippen molar-refractivity contribution in [1.29, 1.82) is 0 Å². The van der Waals surface area contributed by atoms with Crippen LogP contribution in [-0.4, -0.2) is 9.55 Å². The number of rotatable bonds is 2. The maximum atomic E-state index is 5.99. The van der Waals surface area contributed by atoms with E-state index in [2.05, 4.69) is 11.6 Å². The maximum absolute atomic E-state index is 5.99. The summed E-state index contributed by atoms with van der Waals surface area (Å²) < 4.78 is 2.60. The molecule has 0 radical (unpaired) electrons. The molecule has 2 nitrogen and oxygen atoms in total. The summed E-state index contributed by atoms with van der Waals surface area (Å²) in [7, 11) is 0. The van der Waals surface area contributed by atoms with E-state index in [1.807, 2.05) is 17.6 Å². The van der Waals surface area contributed by atoms with Crippen LogP contribution in [0.2, 0.25) is 10.0 Å². The molecule has 0 atom stereocenters. The number of benzene rings is 1. The Morgan fingerprint density at radius 2 is 2.06 bits per heavy atom. The number of aromatic amines is 1. The van der Waals surface area contributed by atoms with Crippen LogP contribution in [0.25, 0.3) is 11.0 Å². The Hall–Kier alpha value is -0.770. The average molecular weight is 273 g/mol. The lowest BCUT2D eigenvalue weighted by molar-refractivity contribution is 0.798. The monoisotopic (exact) mass is 272 g/mol. The fraction of sp³-hybridized carbons (Fsp3) is 0.182. The first-order chi connectivity index (χ1) is 7.49. The van der Waals surface area contributed by atoms with Gasteiger partial charge in [0.1, 0.15) is 0 Å². The lowest BCUT2D eigenvalue weighted by Gasteiger charge is -2.04. The normalized spacial score (nSPS) is 10.9. The molecule has 1 N–H and O–H groups in total. The van der Waals surface area contributed by atoms with E-state index < -0.39 is 0 Å². The van der Waals surface area contributed by atoms with Crippen molar-refractivity contribution < 1.29 is 0 Å². The van der Waals surface area contributed by atoms with Crippen molar-refractivity contribution in [3.8, 4) is 0 Å². The van der Waals surface area contributed by atoms with Gasteiger partial charge in [0.15, 0.2) is 4.77 Å². The van der Waals surface area contributed by atoms with Gasteiger partial charge in [-0.3, -0.25) is 0 Å². The summed E-state index contributed by atoms with van der Waals surface area (Å²) in [6.45, 7) is 6.51. The van der Waals surface area contributed by atoms with Gasteiger partial charge in [0.05, 0.1) is 21.1 Å². The topological polar surface area (TPSA) is 20.7 Å². The quantitative estimate of drug-likeness (QED) is 0.627. The van der Waals surface area contributed by atoms with E-state index in [-0.39, 0.29) is 0 Å². The molecular weight excluding hydrogens is 263 g/mol. The number of hydrogen-bond donors (Lipinski definition) is 1. The minimum absolute atomic E-state index is 0.521. The highest BCUT2D eigenvalue weighted by Gasteiger charge is 2.07. The van der Waals surface area contributed by atoms with Crippen molar-refractivity contribution in [3.05, 3.63) is 39.1 Å². The zero-order valence-electron chi connectivity index (χ0n) is 8.68. The van der Waals surface area contributed by atoms with Crippen molar-refractivity contribution in [3.63, 3.8) is 0 Å². The molecular formula is C11H10Cl2N2S. The fourth-order valence-corrected chi connectivity index (χ4v) is 2.17. The van der Waals surface area contributed by atoms with Crippen LogP contribution in [0.15, 0.2) is 24.3 Å². The lowest BCUT2D eigenvalue weighted by Crippen LogP contribution is -1.98. The number of halogens is 2. The summed E-state index contributed by atoms with van der Waals surface area (Å²) in [4.78, 5) is 3.09. The van der Waals surface area contributed by atoms with Gasteiger partial charge in [0, 0.05) is 6.54 Å². The molecule has 0 fully saturated rings. The number of allylic oxidation sites excluding steroid dienone is 1. The fourth-order valence-electron chi connectivity index (χ4n) is 1.58. The lowest BCUT2D eigenvalue weighted by atomic mass is 10.3. The Morgan fingerprint density at radius 3 is 2.69 bits per heavy atom. The zero-order chi connectivity index (χ0) is 11.9. The molecule has 0 saturated carbocycles. The molecule has 2 aromatic rings. The smallest absolute Gasteiger partial charge is 0.178 e. The van der Waals surface area contributed by atoms with Crippen molar-refractivity contribution in [1.82, 2.24) is 9.55 Å². The van der Waals surface area contributed by atoms with E-state index in [0.29, 0.717) is 21.4 Å². The molecule has 1 heterocycles. The third-order valence-corrected chi connectivity index (χ3v) is 3.29. The third kappa shape index (κ3) is 2.03. The van der Waals surface area contributed by atoms with E-state index in [9.17, 15) is 0 Å². The molecule has 0 amide bonds. The van der Waals surface area contributed by atoms with Crippen LogP contribution in [-0.2, 0) is 6.54 Å². The largest absolute Gasteiger partial charge is 0.331 e. The van der Waals surface area contributed by atoms with Crippen LogP contribution < -0.4 is 0 Å². The van der Waals surface area contributed by atoms with Crippen molar-refractivity contribution >= 4 is 46.5 Å². The molecule has 0 unspecified atom stereocenters. The Morgan fingerprint density at radius 1 is 1.44 bits per heavy atom. The van der Waals surface area contributed by atoms with Crippen LogP contribution in [0.5, 0.6) is 0 Å². The first-order valence-corrected chi connectivity index (χ1v) is 5.87. The van der Waals surface area contributed by atoms with Gasteiger partial charge in [-0.1, -0.05) is 35.4 Å². The molecule has 2 rings (SSSR count).